The number of aliphatic hydroxyl groups excluding tert-OH is 1. The first-order chi connectivity index (χ1) is 17.0. The maximum atomic E-state index is 13.2. The van der Waals surface area contributed by atoms with Crippen LogP contribution in [-0.4, -0.2) is 62.6 Å². The highest BCUT2D eigenvalue weighted by Gasteiger charge is 2.25. The van der Waals surface area contributed by atoms with Crippen molar-refractivity contribution >= 4 is 28.9 Å². The number of aliphatic hydroxyl groups is 1. The summed E-state index contributed by atoms with van der Waals surface area (Å²) >= 11 is 0. The first kappa shape index (κ1) is 23.3. The van der Waals surface area contributed by atoms with E-state index in [-0.39, 0.29) is 29.7 Å². The minimum Gasteiger partial charge on any atom is -0.393 e. The number of hydrogen-bond acceptors (Lipinski definition) is 8. The molecule has 0 aromatic carbocycles. The molecule has 0 bridgehead atoms. The summed E-state index contributed by atoms with van der Waals surface area (Å²) in [6.07, 6.45) is 7.51. The summed E-state index contributed by atoms with van der Waals surface area (Å²) < 4.78 is 8.73. The van der Waals surface area contributed by atoms with Gasteiger partial charge in [-0.05, 0) is 50.7 Å². The minimum absolute atomic E-state index is 0.0840. The van der Waals surface area contributed by atoms with Crippen LogP contribution in [0.2, 0.25) is 0 Å². The van der Waals surface area contributed by atoms with E-state index >= 15 is 0 Å². The molecular weight excluding hydrogens is 450 g/mol. The standard InChI is InChI=1S/C24H31N7O4/c1-25-21-13-20(28-19-6-3-9-30(24(19)34)16-7-10-35-11-8-16)29-22-18(14-26-31(21)22)23(33)27-15-4-2-5-17(32)12-15/h3,6,9,13-17,25,32H,2,4-5,7-8,10-12H2,1H3,(H,27,33)(H,28,29)/t15-,17-/m1/s1. The molecule has 4 heterocycles. The molecule has 1 aliphatic heterocycles. The molecule has 11 nitrogen and oxygen atoms in total. The average Bonchev–Trinajstić information content (AvgIpc) is 3.29. The fourth-order valence-corrected chi connectivity index (χ4v) is 4.92. The largest absolute Gasteiger partial charge is 0.393 e. The lowest BCUT2D eigenvalue weighted by Gasteiger charge is -2.26. The van der Waals surface area contributed by atoms with Crippen molar-refractivity contribution in [3.05, 3.63) is 46.5 Å². The van der Waals surface area contributed by atoms with Gasteiger partial charge in [-0.3, -0.25) is 9.59 Å². The Morgan fingerprint density at radius 3 is 2.83 bits per heavy atom. The lowest BCUT2D eigenvalue weighted by Crippen LogP contribution is -2.39. The number of carbonyl (C=O) groups is 1. The van der Waals surface area contributed by atoms with Crippen LogP contribution in [0.4, 0.5) is 17.3 Å². The molecule has 3 aromatic rings. The minimum atomic E-state index is -0.390. The second kappa shape index (κ2) is 10.0. The lowest BCUT2D eigenvalue weighted by molar-refractivity contribution is 0.0687. The van der Waals surface area contributed by atoms with Gasteiger partial charge in [0.05, 0.1) is 12.3 Å². The highest BCUT2D eigenvalue weighted by atomic mass is 16.5. The van der Waals surface area contributed by atoms with Gasteiger partial charge in [0.25, 0.3) is 11.5 Å². The first-order valence-corrected chi connectivity index (χ1v) is 12.1. The Morgan fingerprint density at radius 2 is 2.06 bits per heavy atom. The van der Waals surface area contributed by atoms with Gasteiger partial charge in [-0.2, -0.15) is 9.61 Å². The van der Waals surface area contributed by atoms with E-state index in [4.69, 9.17) is 4.74 Å². The van der Waals surface area contributed by atoms with Crippen molar-refractivity contribution in [3.63, 3.8) is 0 Å². The van der Waals surface area contributed by atoms with Crippen LogP contribution in [-0.2, 0) is 4.74 Å². The number of hydrogen-bond donors (Lipinski definition) is 4. The summed E-state index contributed by atoms with van der Waals surface area (Å²) in [5.74, 6) is 0.754. The van der Waals surface area contributed by atoms with Gasteiger partial charge in [-0.25, -0.2) is 4.98 Å². The topological polar surface area (TPSA) is 135 Å². The van der Waals surface area contributed by atoms with Gasteiger partial charge in [0, 0.05) is 44.6 Å². The van der Waals surface area contributed by atoms with E-state index in [0.717, 1.165) is 32.1 Å². The number of fused-ring (bicyclic) bond motifs is 1. The van der Waals surface area contributed by atoms with E-state index in [0.29, 0.717) is 48.2 Å². The molecule has 4 N–H and O–H groups in total. The van der Waals surface area contributed by atoms with Gasteiger partial charge in [0.15, 0.2) is 5.65 Å². The summed E-state index contributed by atoms with van der Waals surface area (Å²) in [5, 5.41) is 23.5. The fourth-order valence-electron chi connectivity index (χ4n) is 4.92. The van der Waals surface area contributed by atoms with Gasteiger partial charge in [-0.1, -0.05) is 0 Å². The third-order valence-electron chi connectivity index (χ3n) is 6.78. The highest BCUT2D eigenvalue weighted by Crippen LogP contribution is 2.24. The van der Waals surface area contributed by atoms with Crippen LogP contribution in [0, 0.1) is 0 Å². The molecule has 1 aliphatic carbocycles. The maximum Gasteiger partial charge on any atom is 0.274 e. The molecule has 2 fully saturated rings. The van der Waals surface area contributed by atoms with Crippen LogP contribution < -0.4 is 21.5 Å². The number of amides is 1. The number of ether oxygens (including phenoxy) is 1. The van der Waals surface area contributed by atoms with Crippen LogP contribution in [0.25, 0.3) is 5.65 Å². The Balaban J connectivity index is 1.43. The van der Waals surface area contributed by atoms with Crippen molar-refractivity contribution in [2.75, 3.05) is 30.9 Å². The normalized spacial score (nSPS) is 21.1. The molecule has 186 valence electrons. The molecule has 1 saturated heterocycles. The molecular formula is C24H31N7O4. The van der Waals surface area contributed by atoms with Gasteiger partial charge >= 0.3 is 0 Å². The van der Waals surface area contributed by atoms with Crippen molar-refractivity contribution in [3.8, 4) is 0 Å². The number of anilines is 3. The predicted molar refractivity (Wildman–Crippen MR) is 131 cm³/mol. The highest BCUT2D eigenvalue weighted by molar-refractivity contribution is 6.00. The smallest absolute Gasteiger partial charge is 0.274 e. The van der Waals surface area contributed by atoms with E-state index in [2.05, 4.69) is 26.0 Å². The number of nitrogens with zero attached hydrogens (tertiary/aromatic N) is 4. The van der Waals surface area contributed by atoms with Gasteiger partial charge in [0.1, 0.15) is 22.9 Å². The third kappa shape index (κ3) is 4.87. The molecule has 2 atom stereocenters. The van der Waals surface area contributed by atoms with Crippen molar-refractivity contribution in [1.29, 1.82) is 0 Å². The van der Waals surface area contributed by atoms with Crippen molar-refractivity contribution < 1.29 is 14.6 Å². The number of pyridine rings is 1. The van der Waals surface area contributed by atoms with E-state index in [1.807, 2.05) is 6.07 Å². The second-order valence-electron chi connectivity index (χ2n) is 9.16. The number of nitrogens with one attached hydrogen (secondary N) is 3. The number of rotatable bonds is 6. The Kier molecular flexibility index (Phi) is 6.69. The van der Waals surface area contributed by atoms with Gasteiger partial charge < -0.3 is 30.4 Å². The lowest BCUT2D eigenvalue weighted by atomic mass is 9.93. The third-order valence-corrected chi connectivity index (χ3v) is 6.78. The van der Waals surface area contributed by atoms with Crippen LogP contribution in [0.1, 0.15) is 54.9 Å². The SMILES string of the molecule is CNc1cc(Nc2cccn(C3CCOCC3)c2=O)nc2c(C(=O)N[C@@H]3CCC[C@@H](O)C3)cnn12. The van der Waals surface area contributed by atoms with Crippen LogP contribution in [0.3, 0.4) is 0 Å². The second-order valence-corrected chi connectivity index (χ2v) is 9.16. The molecule has 3 aromatic heterocycles. The summed E-state index contributed by atoms with van der Waals surface area (Å²) in [6.45, 7) is 1.29. The monoisotopic (exact) mass is 481 g/mol. The molecule has 1 amide bonds. The quantitative estimate of drug-likeness (QED) is 0.420. The Hall–Kier alpha value is -3.44. The molecule has 5 rings (SSSR count). The zero-order chi connectivity index (χ0) is 24.4. The Labute approximate surface area is 202 Å². The summed E-state index contributed by atoms with van der Waals surface area (Å²) in [7, 11) is 1.75. The molecule has 35 heavy (non-hydrogen) atoms. The van der Waals surface area contributed by atoms with Gasteiger partial charge in [0.2, 0.25) is 0 Å². The maximum absolute atomic E-state index is 13.2. The molecule has 2 aliphatic rings. The first-order valence-electron chi connectivity index (χ1n) is 12.1. The average molecular weight is 482 g/mol. The number of carbonyl (C=O) groups excluding carboxylic acids is 1. The summed E-state index contributed by atoms with van der Waals surface area (Å²) in [6, 6.07) is 5.32. The summed E-state index contributed by atoms with van der Waals surface area (Å²) in [4.78, 5) is 30.8. The molecule has 0 spiro atoms. The van der Waals surface area contributed by atoms with Crippen LogP contribution >= 0.6 is 0 Å². The zero-order valence-electron chi connectivity index (χ0n) is 19.7. The van der Waals surface area contributed by atoms with E-state index < -0.39 is 0 Å². The zero-order valence-corrected chi connectivity index (χ0v) is 19.7. The van der Waals surface area contributed by atoms with E-state index in [9.17, 15) is 14.7 Å². The van der Waals surface area contributed by atoms with Crippen LogP contribution in [0.15, 0.2) is 35.4 Å². The Morgan fingerprint density at radius 1 is 1.23 bits per heavy atom. The molecule has 11 heteroatoms. The van der Waals surface area contributed by atoms with Crippen molar-refractivity contribution in [1.82, 2.24) is 24.5 Å². The summed E-state index contributed by atoms with van der Waals surface area (Å²) in [5.41, 5.74) is 0.973. The van der Waals surface area contributed by atoms with Crippen molar-refractivity contribution in [2.45, 2.75) is 56.7 Å². The fraction of sp³-hybridized carbons (Fsp3) is 0.500. The Bertz CT molecular complexity index is 1260. The van der Waals surface area contributed by atoms with Gasteiger partial charge in [-0.15, -0.1) is 0 Å². The van der Waals surface area contributed by atoms with Crippen molar-refractivity contribution in [2.24, 2.45) is 0 Å². The molecule has 1 saturated carbocycles. The number of aromatic nitrogens is 4. The molecule has 0 unspecified atom stereocenters. The van der Waals surface area contributed by atoms with E-state index in [1.165, 1.54) is 6.20 Å². The van der Waals surface area contributed by atoms with Crippen LogP contribution in [0.5, 0.6) is 0 Å². The predicted octanol–water partition coefficient (Wildman–Crippen LogP) is 2.06. The molecule has 0 radical (unpaired) electrons. The van der Waals surface area contributed by atoms with E-state index in [1.54, 1.807) is 34.5 Å².